The Morgan fingerprint density at radius 2 is 1.83 bits per heavy atom. The van der Waals surface area contributed by atoms with Gasteiger partial charge in [-0.2, -0.15) is 5.10 Å². The third kappa shape index (κ3) is 3.73. The van der Waals surface area contributed by atoms with Gasteiger partial charge in [0, 0.05) is 23.7 Å². The molecule has 1 aromatic heterocycles. The van der Waals surface area contributed by atoms with Gasteiger partial charge in [0.15, 0.2) is 0 Å². The van der Waals surface area contributed by atoms with E-state index in [9.17, 15) is 5.11 Å². The molecule has 0 radical (unpaired) electrons. The molecule has 3 aromatic rings. The van der Waals surface area contributed by atoms with E-state index in [-0.39, 0.29) is 5.75 Å². The van der Waals surface area contributed by atoms with E-state index in [0.717, 1.165) is 34.0 Å². The zero-order valence-electron chi connectivity index (χ0n) is 12.6. The number of benzene rings is 2. The van der Waals surface area contributed by atoms with Crippen LogP contribution in [0.1, 0.15) is 22.5 Å². The van der Waals surface area contributed by atoms with Gasteiger partial charge in [-0.1, -0.05) is 41.9 Å². The SMILES string of the molecule is NCc1cc(Cc2ccc(O)cc2)n(Cc2ccccc2Cl)n1. The van der Waals surface area contributed by atoms with Crippen molar-refractivity contribution in [3.8, 4) is 5.75 Å². The van der Waals surface area contributed by atoms with E-state index in [0.29, 0.717) is 13.1 Å². The van der Waals surface area contributed by atoms with Crippen molar-refractivity contribution in [2.45, 2.75) is 19.5 Å². The lowest BCUT2D eigenvalue weighted by molar-refractivity contribution is 0.475. The summed E-state index contributed by atoms with van der Waals surface area (Å²) in [6.07, 6.45) is 0.720. The Kier molecular flexibility index (Phi) is 4.65. The summed E-state index contributed by atoms with van der Waals surface area (Å²) in [4.78, 5) is 0. The summed E-state index contributed by atoms with van der Waals surface area (Å²) in [7, 11) is 0. The predicted molar refractivity (Wildman–Crippen MR) is 91.6 cm³/mol. The summed E-state index contributed by atoms with van der Waals surface area (Å²) in [6.45, 7) is 1.01. The van der Waals surface area contributed by atoms with Crippen molar-refractivity contribution in [3.05, 3.63) is 82.1 Å². The molecule has 5 heteroatoms. The first-order chi connectivity index (χ1) is 11.2. The molecular weight excluding hydrogens is 310 g/mol. The van der Waals surface area contributed by atoms with Crippen LogP contribution in [0, 0.1) is 0 Å². The van der Waals surface area contributed by atoms with E-state index in [4.69, 9.17) is 17.3 Å². The number of aromatic nitrogens is 2. The van der Waals surface area contributed by atoms with Crippen LogP contribution in [-0.4, -0.2) is 14.9 Å². The normalized spacial score (nSPS) is 10.9. The summed E-state index contributed by atoms with van der Waals surface area (Å²) in [5.41, 5.74) is 9.78. The first kappa shape index (κ1) is 15.6. The zero-order chi connectivity index (χ0) is 16.2. The van der Waals surface area contributed by atoms with Crippen LogP contribution < -0.4 is 5.73 Å². The number of hydrogen-bond donors (Lipinski definition) is 2. The molecule has 3 rings (SSSR count). The summed E-state index contributed by atoms with van der Waals surface area (Å²) in [6, 6.07) is 17.0. The Hall–Kier alpha value is -2.30. The highest BCUT2D eigenvalue weighted by atomic mass is 35.5. The third-order valence-electron chi connectivity index (χ3n) is 3.72. The van der Waals surface area contributed by atoms with Gasteiger partial charge in [0.05, 0.1) is 12.2 Å². The fourth-order valence-electron chi connectivity index (χ4n) is 2.50. The van der Waals surface area contributed by atoms with E-state index in [1.54, 1.807) is 12.1 Å². The van der Waals surface area contributed by atoms with Gasteiger partial charge in [0.2, 0.25) is 0 Å². The van der Waals surface area contributed by atoms with Crippen LogP contribution in [0.5, 0.6) is 5.75 Å². The van der Waals surface area contributed by atoms with Gasteiger partial charge in [-0.25, -0.2) is 0 Å². The van der Waals surface area contributed by atoms with E-state index in [1.807, 2.05) is 47.1 Å². The quantitative estimate of drug-likeness (QED) is 0.755. The van der Waals surface area contributed by atoms with E-state index in [2.05, 4.69) is 5.10 Å². The smallest absolute Gasteiger partial charge is 0.115 e. The highest BCUT2D eigenvalue weighted by Crippen LogP contribution is 2.19. The molecule has 0 fully saturated rings. The molecule has 3 N–H and O–H groups in total. The molecule has 2 aromatic carbocycles. The van der Waals surface area contributed by atoms with Crippen molar-refractivity contribution in [2.24, 2.45) is 5.73 Å². The van der Waals surface area contributed by atoms with Gasteiger partial charge < -0.3 is 10.8 Å². The van der Waals surface area contributed by atoms with Crippen molar-refractivity contribution < 1.29 is 5.11 Å². The molecule has 0 bridgehead atoms. The van der Waals surface area contributed by atoms with Gasteiger partial charge in [0.1, 0.15) is 5.75 Å². The van der Waals surface area contributed by atoms with Gasteiger partial charge in [-0.05, 0) is 35.4 Å². The second-order valence-corrected chi connectivity index (χ2v) is 5.83. The first-order valence-corrected chi connectivity index (χ1v) is 7.80. The van der Waals surface area contributed by atoms with E-state index in [1.165, 1.54) is 0 Å². The van der Waals surface area contributed by atoms with Crippen LogP contribution in [0.4, 0.5) is 0 Å². The minimum absolute atomic E-state index is 0.265. The van der Waals surface area contributed by atoms with E-state index >= 15 is 0 Å². The van der Waals surface area contributed by atoms with Crippen LogP contribution in [0.15, 0.2) is 54.6 Å². The van der Waals surface area contributed by atoms with E-state index < -0.39 is 0 Å². The summed E-state index contributed by atoms with van der Waals surface area (Å²) >= 11 is 6.25. The summed E-state index contributed by atoms with van der Waals surface area (Å²) in [5, 5.41) is 14.7. The number of phenolic OH excluding ortho intramolecular Hbond substituents is 1. The minimum Gasteiger partial charge on any atom is -0.508 e. The molecule has 0 amide bonds. The lowest BCUT2D eigenvalue weighted by Crippen LogP contribution is -2.08. The molecule has 0 aliphatic carbocycles. The van der Waals surface area contributed by atoms with Gasteiger partial charge >= 0.3 is 0 Å². The Balaban J connectivity index is 1.89. The van der Waals surface area contributed by atoms with Crippen molar-refractivity contribution in [1.29, 1.82) is 0 Å². The number of rotatable bonds is 5. The zero-order valence-corrected chi connectivity index (χ0v) is 13.4. The van der Waals surface area contributed by atoms with Crippen LogP contribution in [-0.2, 0) is 19.5 Å². The first-order valence-electron chi connectivity index (χ1n) is 7.42. The number of hydrogen-bond acceptors (Lipinski definition) is 3. The van der Waals surface area contributed by atoms with Crippen LogP contribution in [0.25, 0.3) is 0 Å². The standard InChI is InChI=1S/C18H18ClN3O/c19-18-4-2-1-3-14(18)12-22-16(10-15(11-20)21-22)9-13-5-7-17(23)8-6-13/h1-8,10,23H,9,11-12,20H2. The van der Waals surface area contributed by atoms with Crippen LogP contribution in [0.2, 0.25) is 5.02 Å². The average Bonchev–Trinajstić information content (AvgIpc) is 2.94. The molecule has 4 nitrogen and oxygen atoms in total. The Labute approximate surface area is 140 Å². The number of phenols is 1. The van der Waals surface area contributed by atoms with Crippen molar-refractivity contribution >= 4 is 11.6 Å². The minimum atomic E-state index is 0.265. The fraction of sp³-hybridized carbons (Fsp3) is 0.167. The Morgan fingerprint density at radius 1 is 1.09 bits per heavy atom. The second kappa shape index (κ2) is 6.86. The molecule has 0 atom stereocenters. The molecule has 0 spiro atoms. The van der Waals surface area contributed by atoms with Crippen LogP contribution >= 0.6 is 11.6 Å². The maximum Gasteiger partial charge on any atom is 0.115 e. The van der Waals surface area contributed by atoms with Gasteiger partial charge in [-0.3, -0.25) is 4.68 Å². The molecule has 0 saturated carbocycles. The molecular formula is C18H18ClN3O. The number of nitrogens with two attached hydrogens (primary N) is 1. The number of halogens is 1. The predicted octanol–water partition coefficient (Wildman–Crippen LogP) is 3.34. The highest BCUT2D eigenvalue weighted by molar-refractivity contribution is 6.31. The largest absolute Gasteiger partial charge is 0.508 e. The van der Waals surface area contributed by atoms with Gasteiger partial charge in [0.25, 0.3) is 0 Å². The molecule has 1 heterocycles. The maximum absolute atomic E-state index is 9.40. The lowest BCUT2D eigenvalue weighted by Gasteiger charge is -2.09. The van der Waals surface area contributed by atoms with Crippen molar-refractivity contribution in [1.82, 2.24) is 9.78 Å². The topological polar surface area (TPSA) is 64.1 Å². The number of nitrogens with zero attached hydrogens (tertiary/aromatic N) is 2. The molecule has 0 aliphatic heterocycles. The monoisotopic (exact) mass is 327 g/mol. The average molecular weight is 328 g/mol. The summed E-state index contributed by atoms with van der Waals surface area (Å²) < 4.78 is 1.94. The highest BCUT2D eigenvalue weighted by Gasteiger charge is 2.10. The van der Waals surface area contributed by atoms with Gasteiger partial charge in [-0.15, -0.1) is 0 Å². The molecule has 23 heavy (non-hydrogen) atoms. The number of aromatic hydroxyl groups is 1. The maximum atomic E-state index is 9.40. The Bertz CT molecular complexity index is 796. The molecule has 0 unspecified atom stereocenters. The lowest BCUT2D eigenvalue weighted by atomic mass is 10.1. The second-order valence-electron chi connectivity index (χ2n) is 5.42. The molecule has 0 saturated heterocycles. The van der Waals surface area contributed by atoms with Crippen molar-refractivity contribution in [3.63, 3.8) is 0 Å². The Morgan fingerprint density at radius 3 is 2.52 bits per heavy atom. The van der Waals surface area contributed by atoms with Crippen molar-refractivity contribution in [2.75, 3.05) is 0 Å². The third-order valence-corrected chi connectivity index (χ3v) is 4.09. The summed E-state index contributed by atoms with van der Waals surface area (Å²) in [5.74, 6) is 0.265. The van der Waals surface area contributed by atoms with Crippen LogP contribution in [0.3, 0.4) is 0 Å². The molecule has 118 valence electrons. The fourth-order valence-corrected chi connectivity index (χ4v) is 2.70. The molecule has 0 aliphatic rings.